The Morgan fingerprint density at radius 3 is 2.56 bits per heavy atom. The molecular formula is C17H31F3N4O. The van der Waals surface area contributed by atoms with Crippen molar-refractivity contribution in [2.45, 2.75) is 39.4 Å². The zero-order valence-corrected chi connectivity index (χ0v) is 15.6. The van der Waals surface area contributed by atoms with E-state index in [2.05, 4.69) is 18.7 Å². The van der Waals surface area contributed by atoms with Gasteiger partial charge in [0.2, 0.25) is 0 Å². The minimum Gasteiger partial charge on any atom is -0.322 e. The summed E-state index contributed by atoms with van der Waals surface area (Å²) >= 11 is 0. The highest BCUT2D eigenvalue weighted by Gasteiger charge is 2.40. The average Bonchev–Trinajstić information content (AvgIpc) is 2.80. The molecule has 0 spiro atoms. The molecule has 146 valence electrons. The van der Waals surface area contributed by atoms with Crippen LogP contribution in [0.15, 0.2) is 0 Å². The standard InChI is InChI=1S/C17H31F3N4O/c1-4-21(13-17(18,19)20)6-5-7-22-8-9-24-15(11-22)12-23(16(24)25)10-14(2)3/h14-15H,4-13H2,1-3H3. The smallest absolute Gasteiger partial charge is 0.322 e. The van der Waals surface area contributed by atoms with E-state index in [4.69, 9.17) is 0 Å². The van der Waals surface area contributed by atoms with Gasteiger partial charge in [-0.3, -0.25) is 9.80 Å². The third-order valence-corrected chi connectivity index (χ3v) is 4.90. The van der Waals surface area contributed by atoms with Gasteiger partial charge >= 0.3 is 12.2 Å². The summed E-state index contributed by atoms with van der Waals surface area (Å²) in [4.78, 5) is 20.0. The summed E-state index contributed by atoms with van der Waals surface area (Å²) < 4.78 is 37.5. The number of halogens is 3. The number of amides is 2. The second-order valence-electron chi connectivity index (χ2n) is 7.57. The van der Waals surface area contributed by atoms with Crippen molar-refractivity contribution in [2.24, 2.45) is 5.92 Å². The second-order valence-corrected chi connectivity index (χ2v) is 7.57. The molecule has 2 heterocycles. The van der Waals surface area contributed by atoms with Crippen molar-refractivity contribution in [3.05, 3.63) is 0 Å². The SMILES string of the molecule is CCN(CCCN1CCN2C(=O)N(CC(C)C)CC2C1)CC(F)(F)F. The molecule has 2 aliphatic rings. The van der Waals surface area contributed by atoms with Crippen LogP contribution in [0.1, 0.15) is 27.2 Å². The minimum atomic E-state index is -4.13. The molecule has 25 heavy (non-hydrogen) atoms. The van der Waals surface area contributed by atoms with Gasteiger partial charge in [-0.2, -0.15) is 13.2 Å². The Morgan fingerprint density at radius 1 is 1.24 bits per heavy atom. The number of alkyl halides is 3. The molecule has 2 saturated heterocycles. The first-order valence-corrected chi connectivity index (χ1v) is 9.26. The van der Waals surface area contributed by atoms with Crippen LogP contribution >= 0.6 is 0 Å². The van der Waals surface area contributed by atoms with E-state index in [9.17, 15) is 18.0 Å². The van der Waals surface area contributed by atoms with Gasteiger partial charge in [0.25, 0.3) is 0 Å². The van der Waals surface area contributed by atoms with Gasteiger partial charge < -0.3 is 9.80 Å². The molecular weight excluding hydrogens is 333 g/mol. The molecule has 2 amide bonds. The van der Waals surface area contributed by atoms with Crippen LogP contribution in [-0.4, -0.2) is 96.8 Å². The molecule has 0 N–H and O–H groups in total. The molecule has 0 aliphatic carbocycles. The summed E-state index contributed by atoms with van der Waals surface area (Å²) in [5.74, 6) is 0.454. The van der Waals surface area contributed by atoms with Gasteiger partial charge in [0.15, 0.2) is 0 Å². The second kappa shape index (κ2) is 8.58. The fourth-order valence-corrected chi connectivity index (χ4v) is 3.76. The van der Waals surface area contributed by atoms with Crippen molar-refractivity contribution >= 4 is 6.03 Å². The molecule has 1 unspecified atom stereocenters. The van der Waals surface area contributed by atoms with Crippen LogP contribution in [-0.2, 0) is 0 Å². The Morgan fingerprint density at radius 2 is 1.96 bits per heavy atom. The number of carbonyl (C=O) groups is 1. The summed E-state index contributed by atoms with van der Waals surface area (Å²) in [7, 11) is 0. The molecule has 5 nitrogen and oxygen atoms in total. The van der Waals surface area contributed by atoms with E-state index in [0.29, 0.717) is 19.0 Å². The Kier molecular flexibility index (Phi) is 6.96. The average molecular weight is 364 g/mol. The van der Waals surface area contributed by atoms with E-state index in [1.54, 1.807) is 6.92 Å². The lowest BCUT2D eigenvalue weighted by Gasteiger charge is -2.36. The number of hydrogen-bond donors (Lipinski definition) is 0. The highest BCUT2D eigenvalue weighted by molar-refractivity contribution is 5.77. The van der Waals surface area contributed by atoms with Gasteiger partial charge in [-0.1, -0.05) is 20.8 Å². The molecule has 2 rings (SSSR count). The molecule has 0 aromatic rings. The summed E-state index contributed by atoms with van der Waals surface area (Å²) in [6.07, 6.45) is -3.41. The van der Waals surface area contributed by atoms with Crippen LogP contribution < -0.4 is 0 Å². The first-order valence-electron chi connectivity index (χ1n) is 9.26. The lowest BCUT2D eigenvalue weighted by atomic mass is 10.1. The number of hydrogen-bond acceptors (Lipinski definition) is 3. The summed E-state index contributed by atoms with van der Waals surface area (Å²) in [6.45, 7) is 10.7. The number of rotatable bonds is 8. The van der Waals surface area contributed by atoms with Gasteiger partial charge in [0.05, 0.1) is 12.6 Å². The molecule has 0 radical (unpaired) electrons. The van der Waals surface area contributed by atoms with Crippen molar-refractivity contribution in [2.75, 3.05) is 58.9 Å². The van der Waals surface area contributed by atoms with Crippen LogP contribution in [0, 0.1) is 5.92 Å². The maximum absolute atomic E-state index is 12.5. The van der Waals surface area contributed by atoms with Crippen LogP contribution in [0.3, 0.4) is 0 Å². The number of fused-ring (bicyclic) bond motifs is 1. The maximum Gasteiger partial charge on any atom is 0.401 e. The largest absolute Gasteiger partial charge is 0.401 e. The summed E-state index contributed by atoms with van der Waals surface area (Å²) in [5.41, 5.74) is 0. The molecule has 1 atom stereocenters. The van der Waals surface area contributed by atoms with Gasteiger partial charge in [-0.25, -0.2) is 4.79 Å². The van der Waals surface area contributed by atoms with Crippen molar-refractivity contribution in [3.8, 4) is 0 Å². The van der Waals surface area contributed by atoms with E-state index in [1.165, 1.54) is 4.90 Å². The number of piperazine rings is 1. The third kappa shape index (κ3) is 6.02. The van der Waals surface area contributed by atoms with E-state index in [-0.39, 0.29) is 12.1 Å². The zero-order chi connectivity index (χ0) is 18.6. The van der Waals surface area contributed by atoms with Gasteiger partial charge in [-0.15, -0.1) is 0 Å². The number of nitrogens with zero attached hydrogens (tertiary/aromatic N) is 4. The van der Waals surface area contributed by atoms with Crippen molar-refractivity contribution in [1.29, 1.82) is 0 Å². The maximum atomic E-state index is 12.5. The van der Waals surface area contributed by atoms with Crippen LogP contribution in [0.25, 0.3) is 0 Å². The van der Waals surface area contributed by atoms with Gasteiger partial charge in [-0.05, 0) is 32.0 Å². The van der Waals surface area contributed by atoms with E-state index >= 15 is 0 Å². The van der Waals surface area contributed by atoms with Crippen molar-refractivity contribution < 1.29 is 18.0 Å². The number of carbonyl (C=O) groups excluding carboxylic acids is 1. The predicted molar refractivity (Wildman–Crippen MR) is 91.5 cm³/mol. The Bertz CT molecular complexity index is 444. The van der Waals surface area contributed by atoms with E-state index in [1.807, 2.05) is 9.80 Å². The highest BCUT2D eigenvalue weighted by Crippen LogP contribution is 2.22. The van der Waals surface area contributed by atoms with Crippen molar-refractivity contribution in [3.63, 3.8) is 0 Å². The quantitative estimate of drug-likeness (QED) is 0.662. The minimum absolute atomic E-state index is 0.140. The Hall–Kier alpha value is -1.02. The fraction of sp³-hybridized carbons (Fsp3) is 0.941. The zero-order valence-electron chi connectivity index (χ0n) is 15.6. The fourth-order valence-electron chi connectivity index (χ4n) is 3.76. The van der Waals surface area contributed by atoms with E-state index in [0.717, 1.165) is 45.7 Å². The molecule has 0 aromatic carbocycles. The molecule has 2 fully saturated rings. The monoisotopic (exact) mass is 364 g/mol. The Labute approximate surface area is 148 Å². The van der Waals surface area contributed by atoms with Crippen LogP contribution in [0.4, 0.5) is 18.0 Å². The Balaban J connectivity index is 1.74. The number of urea groups is 1. The summed E-state index contributed by atoms with van der Waals surface area (Å²) in [5, 5.41) is 0. The normalized spacial score (nSPS) is 22.4. The first-order chi connectivity index (χ1) is 11.7. The van der Waals surface area contributed by atoms with Crippen LogP contribution in [0.2, 0.25) is 0 Å². The molecule has 0 aromatic heterocycles. The van der Waals surface area contributed by atoms with Crippen LogP contribution in [0.5, 0.6) is 0 Å². The first kappa shape index (κ1) is 20.3. The van der Waals surface area contributed by atoms with E-state index < -0.39 is 12.7 Å². The summed E-state index contributed by atoms with van der Waals surface area (Å²) in [6, 6.07) is 0.359. The molecule has 0 bridgehead atoms. The lowest BCUT2D eigenvalue weighted by molar-refractivity contribution is -0.145. The topological polar surface area (TPSA) is 30.0 Å². The highest BCUT2D eigenvalue weighted by atomic mass is 19.4. The third-order valence-electron chi connectivity index (χ3n) is 4.90. The molecule has 2 aliphatic heterocycles. The predicted octanol–water partition coefficient (Wildman–Crippen LogP) is 2.34. The lowest BCUT2D eigenvalue weighted by Crippen LogP contribution is -2.52. The van der Waals surface area contributed by atoms with Gasteiger partial charge in [0, 0.05) is 32.7 Å². The molecule has 8 heteroatoms. The molecule has 0 saturated carbocycles. The van der Waals surface area contributed by atoms with Gasteiger partial charge in [0.1, 0.15) is 0 Å². The van der Waals surface area contributed by atoms with Crippen molar-refractivity contribution in [1.82, 2.24) is 19.6 Å².